The molecule has 34 heavy (non-hydrogen) atoms. The Balaban J connectivity index is 1.76. The third kappa shape index (κ3) is 4.55. The van der Waals surface area contributed by atoms with Crippen LogP contribution >= 0.6 is 11.6 Å². The van der Waals surface area contributed by atoms with Gasteiger partial charge in [-0.1, -0.05) is 17.7 Å². The number of benzene rings is 1. The predicted octanol–water partition coefficient (Wildman–Crippen LogP) is 3.54. The fourth-order valence-electron chi connectivity index (χ4n) is 3.69. The molecule has 3 heterocycles. The van der Waals surface area contributed by atoms with Gasteiger partial charge < -0.3 is 20.1 Å². The van der Waals surface area contributed by atoms with Crippen LogP contribution in [0.3, 0.4) is 0 Å². The van der Waals surface area contributed by atoms with Crippen LogP contribution in [0.5, 0.6) is 5.88 Å². The second kappa shape index (κ2) is 9.70. The number of amides is 2. The SMILES string of the molecule is CC1C(=O)N(CC(=O)Nc2ccc(Cl)c(F)c2)c2cc(OCCO)nc(F)c2-c2cccnc21. The highest BCUT2D eigenvalue weighted by Crippen LogP contribution is 2.42. The van der Waals surface area contributed by atoms with Crippen molar-refractivity contribution in [2.24, 2.45) is 0 Å². The summed E-state index contributed by atoms with van der Waals surface area (Å²) in [6, 6.07) is 8.29. The molecule has 1 aliphatic heterocycles. The number of nitrogens with zero attached hydrogens (tertiary/aromatic N) is 3. The molecule has 0 bridgehead atoms. The highest BCUT2D eigenvalue weighted by atomic mass is 35.5. The molecule has 2 aromatic heterocycles. The van der Waals surface area contributed by atoms with Crippen LogP contribution in [0.2, 0.25) is 5.02 Å². The van der Waals surface area contributed by atoms with E-state index in [1.54, 1.807) is 19.1 Å². The van der Waals surface area contributed by atoms with E-state index in [9.17, 15) is 14.0 Å². The van der Waals surface area contributed by atoms with Crippen molar-refractivity contribution in [1.82, 2.24) is 9.97 Å². The molecule has 0 spiro atoms. The van der Waals surface area contributed by atoms with Crippen molar-refractivity contribution in [2.75, 3.05) is 30.0 Å². The Bertz CT molecular complexity index is 1270. The molecule has 3 aromatic rings. The summed E-state index contributed by atoms with van der Waals surface area (Å²) in [4.78, 5) is 35.4. The van der Waals surface area contributed by atoms with Crippen LogP contribution in [0.15, 0.2) is 42.6 Å². The minimum absolute atomic E-state index is 0.0116. The van der Waals surface area contributed by atoms with Crippen molar-refractivity contribution in [3.63, 3.8) is 0 Å². The molecular formula is C23H19ClF2N4O4. The standard InChI is InChI=1S/C23H19ClF2N4O4/c1-12-21-14(3-2-6-27-21)20-17(10-19(29-22(20)26)34-8-7-31)30(23(12)33)11-18(32)28-13-4-5-15(24)16(25)9-13/h2-6,9-10,12,31H,7-8,11H2,1H3,(H,28,32). The number of carbonyl (C=O) groups excluding carboxylic acids is 2. The molecule has 4 rings (SSSR count). The van der Waals surface area contributed by atoms with E-state index in [0.717, 1.165) is 11.0 Å². The van der Waals surface area contributed by atoms with E-state index in [2.05, 4.69) is 15.3 Å². The van der Waals surface area contributed by atoms with Crippen LogP contribution in [-0.4, -0.2) is 46.6 Å². The Morgan fingerprint density at radius 2 is 2.09 bits per heavy atom. The molecule has 2 N–H and O–H groups in total. The van der Waals surface area contributed by atoms with Gasteiger partial charge >= 0.3 is 0 Å². The number of nitrogens with one attached hydrogen (secondary N) is 1. The number of rotatable bonds is 6. The Kier molecular flexibility index (Phi) is 6.71. The fraction of sp³-hybridized carbons (Fsp3) is 0.217. The maximum atomic E-state index is 15.2. The van der Waals surface area contributed by atoms with Crippen LogP contribution in [0.1, 0.15) is 18.5 Å². The smallest absolute Gasteiger partial charge is 0.244 e. The molecule has 1 atom stereocenters. The van der Waals surface area contributed by atoms with Crippen LogP contribution < -0.4 is 15.0 Å². The van der Waals surface area contributed by atoms with E-state index in [0.29, 0.717) is 11.3 Å². The Labute approximate surface area is 198 Å². The Morgan fingerprint density at radius 3 is 2.82 bits per heavy atom. The van der Waals surface area contributed by atoms with Crippen molar-refractivity contribution < 1.29 is 28.2 Å². The Hall–Kier alpha value is -3.63. The van der Waals surface area contributed by atoms with Gasteiger partial charge in [0.25, 0.3) is 0 Å². The third-order valence-corrected chi connectivity index (χ3v) is 5.53. The number of hydrogen-bond donors (Lipinski definition) is 2. The molecule has 1 aromatic carbocycles. The fourth-order valence-corrected chi connectivity index (χ4v) is 3.81. The largest absolute Gasteiger partial charge is 0.475 e. The van der Waals surface area contributed by atoms with Gasteiger partial charge in [-0.3, -0.25) is 14.6 Å². The lowest BCUT2D eigenvalue weighted by molar-refractivity contribution is -0.122. The summed E-state index contributed by atoms with van der Waals surface area (Å²) in [7, 11) is 0. The first kappa shape index (κ1) is 23.5. The van der Waals surface area contributed by atoms with E-state index >= 15 is 4.39 Å². The molecule has 0 fully saturated rings. The van der Waals surface area contributed by atoms with Gasteiger partial charge in [-0.2, -0.15) is 9.37 Å². The molecule has 0 saturated heterocycles. The van der Waals surface area contributed by atoms with Gasteiger partial charge in [-0.25, -0.2) is 4.39 Å². The first-order valence-corrected chi connectivity index (χ1v) is 10.6. The van der Waals surface area contributed by atoms with Gasteiger partial charge in [0, 0.05) is 23.5 Å². The molecule has 0 aliphatic carbocycles. The summed E-state index contributed by atoms with van der Waals surface area (Å²) in [6.07, 6.45) is 1.49. The van der Waals surface area contributed by atoms with Crippen molar-refractivity contribution in [3.8, 4) is 17.0 Å². The average Bonchev–Trinajstić information content (AvgIpc) is 2.90. The van der Waals surface area contributed by atoms with E-state index in [-0.39, 0.29) is 41.1 Å². The lowest BCUT2D eigenvalue weighted by Crippen LogP contribution is -2.40. The summed E-state index contributed by atoms with van der Waals surface area (Å²) < 4.78 is 34.3. The number of fused-ring (bicyclic) bond motifs is 3. The second-order valence-corrected chi connectivity index (χ2v) is 7.88. The van der Waals surface area contributed by atoms with Gasteiger partial charge in [-0.15, -0.1) is 0 Å². The highest BCUT2D eigenvalue weighted by molar-refractivity contribution is 6.30. The lowest BCUT2D eigenvalue weighted by atomic mass is 9.98. The van der Waals surface area contributed by atoms with E-state index in [1.807, 2.05) is 0 Å². The number of hydrogen-bond acceptors (Lipinski definition) is 6. The summed E-state index contributed by atoms with van der Waals surface area (Å²) in [6.45, 7) is 0.633. The van der Waals surface area contributed by atoms with E-state index in [4.69, 9.17) is 21.4 Å². The minimum atomic E-state index is -0.924. The number of anilines is 2. The van der Waals surface area contributed by atoms with Gasteiger partial charge in [0.1, 0.15) is 19.0 Å². The molecular weight excluding hydrogens is 470 g/mol. The summed E-state index contributed by atoms with van der Waals surface area (Å²) in [5, 5.41) is 11.4. The predicted molar refractivity (Wildman–Crippen MR) is 121 cm³/mol. The molecule has 1 unspecified atom stereocenters. The highest BCUT2D eigenvalue weighted by Gasteiger charge is 2.36. The number of aromatic nitrogens is 2. The monoisotopic (exact) mass is 488 g/mol. The van der Waals surface area contributed by atoms with Crippen LogP contribution in [-0.2, 0) is 9.59 Å². The third-order valence-electron chi connectivity index (χ3n) is 5.22. The minimum Gasteiger partial charge on any atom is -0.475 e. The first-order valence-electron chi connectivity index (χ1n) is 10.3. The normalized spacial score (nSPS) is 14.8. The van der Waals surface area contributed by atoms with Crippen LogP contribution in [0.25, 0.3) is 11.1 Å². The van der Waals surface area contributed by atoms with Crippen molar-refractivity contribution >= 4 is 34.8 Å². The van der Waals surface area contributed by atoms with Crippen molar-refractivity contribution in [2.45, 2.75) is 12.8 Å². The summed E-state index contributed by atoms with van der Waals surface area (Å²) in [5.74, 6) is -3.76. The number of aliphatic hydroxyl groups is 1. The maximum absolute atomic E-state index is 15.2. The van der Waals surface area contributed by atoms with Gasteiger partial charge in [0.15, 0.2) is 0 Å². The first-order chi connectivity index (χ1) is 16.3. The summed E-state index contributed by atoms with van der Waals surface area (Å²) >= 11 is 5.68. The van der Waals surface area contributed by atoms with Crippen LogP contribution in [0.4, 0.5) is 20.2 Å². The zero-order valence-electron chi connectivity index (χ0n) is 17.9. The number of pyridine rings is 2. The molecule has 0 radical (unpaired) electrons. The lowest BCUT2D eigenvalue weighted by Gasteiger charge is -2.24. The Morgan fingerprint density at radius 1 is 1.29 bits per heavy atom. The van der Waals surface area contributed by atoms with Gasteiger partial charge in [0.05, 0.1) is 34.5 Å². The molecule has 0 saturated carbocycles. The molecule has 11 heteroatoms. The summed E-state index contributed by atoms with van der Waals surface area (Å²) in [5.41, 5.74) is 0.880. The van der Waals surface area contributed by atoms with E-state index in [1.165, 1.54) is 24.4 Å². The van der Waals surface area contributed by atoms with Gasteiger partial charge in [-0.05, 0) is 31.2 Å². The average molecular weight is 489 g/mol. The van der Waals surface area contributed by atoms with Gasteiger partial charge in [0.2, 0.25) is 23.6 Å². The number of aliphatic hydroxyl groups excluding tert-OH is 1. The maximum Gasteiger partial charge on any atom is 0.244 e. The van der Waals surface area contributed by atoms with Crippen molar-refractivity contribution in [1.29, 1.82) is 0 Å². The number of halogens is 3. The number of carbonyl (C=O) groups is 2. The zero-order chi connectivity index (χ0) is 24.4. The molecule has 8 nitrogen and oxygen atoms in total. The zero-order valence-corrected chi connectivity index (χ0v) is 18.6. The van der Waals surface area contributed by atoms with Crippen LogP contribution in [0, 0.1) is 11.8 Å². The number of ether oxygens (including phenoxy) is 1. The second-order valence-electron chi connectivity index (χ2n) is 7.48. The molecule has 2 amide bonds. The van der Waals surface area contributed by atoms with E-state index < -0.39 is 36.0 Å². The molecule has 1 aliphatic rings. The quantitative estimate of drug-likeness (QED) is 0.514. The molecule has 176 valence electrons. The topological polar surface area (TPSA) is 105 Å². The van der Waals surface area contributed by atoms with Crippen molar-refractivity contribution in [3.05, 3.63) is 65.1 Å².